The van der Waals surface area contributed by atoms with Crippen molar-refractivity contribution in [2.75, 3.05) is 0 Å². The van der Waals surface area contributed by atoms with Gasteiger partial charge in [-0.05, 0) is 23.8 Å². The zero-order valence-electron chi connectivity index (χ0n) is 10.6. The highest BCUT2D eigenvalue weighted by molar-refractivity contribution is 9.10. The van der Waals surface area contributed by atoms with E-state index < -0.39 is 0 Å². The van der Waals surface area contributed by atoms with Gasteiger partial charge in [0.05, 0.1) is 11.2 Å². The highest BCUT2D eigenvalue weighted by Gasteiger charge is 2.09. The first-order valence-electron chi connectivity index (χ1n) is 6.18. The highest BCUT2D eigenvalue weighted by Crippen LogP contribution is 2.32. The number of halogens is 1. The van der Waals surface area contributed by atoms with Crippen molar-refractivity contribution in [3.05, 3.63) is 69.5 Å². The summed E-state index contributed by atoms with van der Waals surface area (Å²) in [6, 6.07) is 16.1. The predicted molar refractivity (Wildman–Crippen MR) is 86.0 cm³/mol. The Balaban J connectivity index is 1.86. The number of nitrogens with zero attached hydrogens (tertiary/aromatic N) is 1. The molecule has 4 heteroatoms. The molecule has 100 valence electrons. The first-order chi connectivity index (χ1) is 9.83. The van der Waals surface area contributed by atoms with Crippen molar-refractivity contribution in [3.63, 3.8) is 0 Å². The maximum absolute atomic E-state index is 5.95. The Hall–Kier alpha value is -1.65. The zero-order valence-corrected chi connectivity index (χ0v) is 13.0. The van der Waals surface area contributed by atoms with E-state index in [2.05, 4.69) is 33.0 Å². The summed E-state index contributed by atoms with van der Waals surface area (Å²) in [6.07, 6.45) is 0. The topological polar surface area (TPSA) is 22.1 Å². The van der Waals surface area contributed by atoms with E-state index in [1.165, 1.54) is 0 Å². The van der Waals surface area contributed by atoms with Crippen molar-refractivity contribution in [2.24, 2.45) is 0 Å². The molecule has 1 aromatic heterocycles. The largest absolute Gasteiger partial charge is 0.488 e. The van der Waals surface area contributed by atoms with Crippen LogP contribution in [-0.2, 0) is 6.61 Å². The molecule has 2 aromatic carbocycles. The third kappa shape index (κ3) is 3.08. The van der Waals surface area contributed by atoms with Gasteiger partial charge < -0.3 is 4.74 Å². The Morgan fingerprint density at radius 3 is 2.70 bits per heavy atom. The van der Waals surface area contributed by atoms with Crippen LogP contribution < -0.4 is 4.74 Å². The molecule has 0 aliphatic carbocycles. The Morgan fingerprint density at radius 1 is 1.10 bits per heavy atom. The van der Waals surface area contributed by atoms with Crippen molar-refractivity contribution < 1.29 is 4.74 Å². The number of rotatable bonds is 4. The lowest BCUT2D eigenvalue weighted by Crippen LogP contribution is -1.97. The fourth-order valence-corrected chi connectivity index (χ4v) is 2.82. The number of hydrogen-bond acceptors (Lipinski definition) is 3. The van der Waals surface area contributed by atoms with Crippen molar-refractivity contribution in [2.45, 2.75) is 6.61 Å². The molecule has 0 saturated carbocycles. The lowest BCUT2D eigenvalue weighted by Gasteiger charge is -2.11. The van der Waals surface area contributed by atoms with Crippen LogP contribution in [0.25, 0.3) is 11.3 Å². The summed E-state index contributed by atoms with van der Waals surface area (Å²) in [6.45, 7) is 0.555. The van der Waals surface area contributed by atoms with Crippen molar-refractivity contribution in [3.8, 4) is 17.0 Å². The first kappa shape index (κ1) is 13.3. The van der Waals surface area contributed by atoms with E-state index in [1.54, 1.807) is 11.3 Å². The van der Waals surface area contributed by atoms with E-state index in [-0.39, 0.29) is 0 Å². The SMILES string of the molecule is Brc1ccc(OCc2ccccc2)c(-c2cscn2)c1. The smallest absolute Gasteiger partial charge is 0.129 e. The number of aromatic nitrogens is 1. The summed E-state index contributed by atoms with van der Waals surface area (Å²) < 4.78 is 6.97. The van der Waals surface area contributed by atoms with Gasteiger partial charge in [-0.1, -0.05) is 46.3 Å². The molecule has 3 aromatic rings. The van der Waals surface area contributed by atoms with Gasteiger partial charge in [0, 0.05) is 15.4 Å². The van der Waals surface area contributed by atoms with Gasteiger partial charge >= 0.3 is 0 Å². The minimum absolute atomic E-state index is 0.555. The molecular weight excluding hydrogens is 334 g/mol. The van der Waals surface area contributed by atoms with E-state index in [4.69, 9.17) is 4.74 Å². The second kappa shape index (κ2) is 6.20. The van der Waals surface area contributed by atoms with E-state index in [0.29, 0.717) is 6.61 Å². The molecule has 0 unspecified atom stereocenters. The molecule has 0 spiro atoms. The average molecular weight is 346 g/mol. The van der Waals surface area contributed by atoms with Crippen LogP contribution >= 0.6 is 27.3 Å². The molecule has 0 fully saturated rings. The van der Waals surface area contributed by atoms with Gasteiger partial charge in [0.1, 0.15) is 12.4 Å². The quantitative estimate of drug-likeness (QED) is 0.652. The molecule has 0 atom stereocenters. The second-order valence-corrected chi connectivity index (χ2v) is 5.92. The fraction of sp³-hybridized carbons (Fsp3) is 0.0625. The molecule has 20 heavy (non-hydrogen) atoms. The summed E-state index contributed by atoms with van der Waals surface area (Å²) in [4.78, 5) is 4.36. The highest BCUT2D eigenvalue weighted by atomic mass is 79.9. The Labute approximate surface area is 130 Å². The molecule has 2 nitrogen and oxygen atoms in total. The normalized spacial score (nSPS) is 10.4. The molecule has 0 bridgehead atoms. The van der Waals surface area contributed by atoms with Crippen LogP contribution in [0.5, 0.6) is 5.75 Å². The monoisotopic (exact) mass is 345 g/mol. The third-order valence-corrected chi connectivity index (χ3v) is 3.97. The van der Waals surface area contributed by atoms with Gasteiger partial charge in [-0.2, -0.15) is 0 Å². The molecule has 0 N–H and O–H groups in total. The van der Waals surface area contributed by atoms with Crippen molar-refractivity contribution in [1.82, 2.24) is 4.98 Å². The van der Waals surface area contributed by atoms with Crippen LogP contribution in [0, 0.1) is 0 Å². The van der Waals surface area contributed by atoms with Crippen LogP contribution in [0.15, 0.2) is 63.9 Å². The third-order valence-electron chi connectivity index (χ3n) is 2.89. The predicted octanol–water partition coefficient (Wildman–Crippen LogP) is 5.15. The number of hydrogen-bond donors (Lipinski definition) is 0. The molecular formula is C16H12BrNOS. The average Bonchev–Trinajstić information content (AvgIpc) is 3.01. The lowest BCUT2D eigenvalue weighted by atomic mass is 10.1. The lowest BCUT2D eigenvalue weighted by molar-refractivity contribution is 0.307. The molecule has 1 heterocycles. The van der Waals surface area contributed by atoms with Crippen molar-refractivity contribution in [1.29, 1.82) is 0 Å². The van der Waals surface area contributed by atoms with Crippen LogP contribution in [0.1, 0.15) is 5.56 Å². The standard InChI is InChI=1S/C16H12BrNOS/c17-13-6-7-16(14(8-13)15-10-20-11-18-15)19-9-12-4-2-1-3-5-12/h1-8,10-11H,9H2. The summed E-state index contributed by atoms with van der Waals surface area (Å²) in [5.41, 5.74) is 4.94. The summed E-state index contributed by atoms with van der Waals surface area (Å²) in [5.74, 6) is 0.850. The van der Waals surface area contributed by atoms with E-state index in [0.717, 1.165) is 27.0 Å². The van der Waals surface area contributed by atoms with Gasteiger partial charge in [0.25, 0.3) is 0 Å². The Bertz CT molecular complexity index is 683. The molecule has 0 saturated heterocycles. The zero-order chi connectivity index (χ0) is 13.8. The van der Waals surface area contributed by atoms with Crippen molar-refractivity contribution >= 4 is 27.3 Å². The number of ether oxygens (including phenoxy) is 1. The Kier molecular flexibility index (Phi) is 4.14. The van der Waals surface area contributed by atoms with Crippen LogP contribution in [0.4, 0.5) is 0 Å². The maximum Gasteiger partial charge on any atom is 0.129 e. The summed E-state index contributed by atoms with van der Waals surface area (Å²) in [5, 5.41) is 2.02. The number of benzene rings is 2. The van der Waals surface area contributed by atoms with E-state index in [9.17, 15) is 0 Å². The van der Waals surface area contributed by atoms with Crippen LogP contribution in [0.2, 0.25) is 0 Å². The number of thiazole rings is 1. The molecule has 0 aliphatic rings. The second-order valence-electron chi connectivity index (χ2n) is 4.29. The Morgan fingerprint density at radius 2 is 1.95 bits per heavy atom. The first-order valence-corrected chi connectivity index (χ1v) is 7.91. The van der Waals surface area contributed by atoms with E-state index >= 15 is 0 Å². The maximum atomic E-state index is 5.95. The van der Waals surface area contributed by atoms with Crippen LogP contribution in [-0.4, -0.2) is 4.98 Å². The van der Waals surface area contributed by atoms with Crippen LogP contribution in [0.3, 0.4) is 0 Å². The summed E-state index contributed by atoms with van der Waals surface area (Å²) >= 11 is 5.08. The fourth-order valence-electron chi connectivity index (χ4n) is 1.91. The summed E-state index contributed by atoms with van der Waals surface area (Å²) in [7, 11) is 0. The van der Waals surface area contributed by atoms with Gasteiger partial charge in [-0.15, -0.1) is 11.3 Å². The van der Waals surface area contributed by atoms with Gasteiger partial charge in [0.15, 0.2) is 0 Å². The van der Waals surface area contributed by atoms with Gasteiger partial charge in [0.2, 0.25) is 0 Å². The molecule has 0 radical (unpaired) electrons. The van der Waals surface area contributed by atoms with E-state index in [1.807, 2.05) is 47.3 Å². The molecule has 3 rings (SSSR count). The minimum atomic E-state index is 0.555. The van der Waals surface area contributed by atoms with Gasteiger partial charge in [-0.3, -0.25) is 0 Å². The molecule has 0 amide bonds. The minimum Gasteiger partial charge on any atom is -0.488 e. The molecule has 0 aliphatic heterocycles. The van der Waals surface area contributed by atoms with Gasteiger partial charge in [-0.25, -0.2) is 4.98 Å².